The molecular weight excluding hydrogens is 747 g/mol. The maximum absolute atomic E-state index is 11.8. The normalized spacial score (nSPS) is 26.3. The van der Waals surface area contributed by atoms with Crippen LogP contribution in [0.15, 0.2) is 152 Å². The molecule has 1 aliphatic carbocycles. The SMILES string of the molecule is CO[C@H]1O[C@H](CNC2C[C@H](O)[C@@H](OCc3ccccc3)[C@H](OCc3ccccc3)[C@@H](O)C2)[C@@H](OCc2ccccc2)[C@H](OCc2ccccc2)[C@H]1OCc1ccccc1. The van der Waals surface area contributed by atoms with Crippen molar-refractivity contribution in [2.75, 3.05) is 13.7 Å². The summed E-state index contributed by atoms with van der Waals surface area (Å²) in [7, 11) is 1.61. The zero-order chi connectivity index (χ0) is 40.7. The molecule has 3 N–H and O–H groups in total. The van der Waals surface area contributed by atoms with Crippen LogP contribution in [0, 0.1) is 0 Å². The number of ether oxygens (including phenoxy) is 7. The molecule has 0 spiro atoms. The molecule has 0 amide bonds. The standard InChI is InChI=1S/C49H57NO9/c1-53-49-48(58-34-39-25-15-6-16-26-39)47(57-33-38-23-13-5-14-24-38)46(56-32-37-21-11-4-12-22-37)43(59-49)29-50-40-27-41(51)44(54-30-35-17-7-2-8-18-35)45(42(52)28-40)55-31-36-19-9-3-10-20-36/h2-26,40-52H,27-34H2,1H3/t41-,42-,43+,44+,45+,46+,47-,48+,49-/m0/s1. The summed E-state index contributed by atoms with van der Waals surface area (Å²) in [5.74, 6) is 0. The molecule has 0 radical (unpaired) electrons. The molecule has 5 aromatic rings. The minimum atomic E-state index is -0.934. The lowest BCUT2D eigenvalue weighted by Crippen LogP contribution is -2.63. The number of aliphatic hydroxyl groups is 2. The van der Waals surface area contributed by atoms with Crippen molar-refractivity contribution in [2.24, 2.45) is 0 Å². The Morgan fingerprint density at radius 2 is 0.780 bits per heavy atom. The predicted octanol–water partition coefficient (Wildman–Crippen LogP) is 6.76. The molecule has 0 bridgehead atoms. The van der Waals surface area contributed by atoms with Crippen molar-refractivity contribution in [3.05, 3.63) is 179 Å². The van der Waals surface area contributed by atoms with Crippen LogP contribution in [-0.4, -0.2) is 85.0 Å². The van der Waals surface area contributed by atoms with Crippen molar-refractivity contribution in [2.45, 2.75) is 107 Å². The van der Waals surface area contributed by atoms with E-state index in [1.54, 1.807) is 7.11 Å². The van der Waals surface area contributed by atoms with Gasteiger partial charge < -0.3 is 48.7 Å². The van der Waals surface area contributed by atoms with Crippen molar-refractivity contribution in [1.82, 2.24) is 5.32 Å². The fourth-order valence-corrected chi connectivity index (χ4v) is 7.88. The lowest BCUT2D eigenvalue weighted by atomic mass is 9.96. The number of aliphatic hydroxyl groups excluding tert-OH is 2. The second-order valence-corrected chi connectivity index (χ2v) is 15.3. The van der Waals surface area contributed by atoms with E-state index >= 15 is 0 Å². The van der Waals surface area contributed by atoms with E-state index in [2.05, 4.69) is 5.32 Å². The van der Waals surface area contributed by atoms with Crippen molar-refractivity contribution in [1.29, 1.82) is 0 Å². The quantitative estimate of drug-likeness (QED) is 0.0774. The molecule has 312 valence electrons. The van der Waals surface area contributed by atoms with Gasteiger partial charge in [-0.05, 0) is 40.7 Å². The summed E-state index contributed by atoms with van der Waals surface area (Å²) >= 11 is 0. The van der Waals surface area contributed by atoms with Crippen LogP contribution in [0.25, 0.3) is 0 Å². The van der Waals surface area contributed by atoms with E-state index in [1.807, 2.05) is 152 Å². The van der Waals surface area contributed by atoms with Gasteiger partial charge in [0.2, 0.25) is 0 Å². The molecule has 59 heavy (non-hydrogen) atoms. The highest BCUT2D eigenvalue weighted by atomic mass is 16.7. The van der Waals surface area contributed by atoms with E-state index in [9.17, 15) is 10.2 Å². The van der Waals surface area contributed by atoms with Gasteiger partial charge in [-0.3, -0.25) is 0 Å². The Morgan fingerprint density at radius 3 is 1.14 bits per heavy atom. The maximum atomic E-state index is 11.8. The molecule has 0 aromatic heterocycles. The van der Waals surface area contributed by atoms with Crippen LogP contribution in [0.5, 0.6) is 0 Å². The van der Waals surface area contributed by atoms with Gasteiger partial charge in [-0.25, -0.2) is 0 Å². The first-order valence-electron chi connectivity index (χ1n) is 20.6. The summed E-state index contributed by atoms with van der Waals surface area (Å²) in [6, 6.07) is 49.3. The van der Waals surface area contributed by atoms with Crippen LogP contribution in [-0.2, 0) is 66.2 Å². The van der Waals surface area contributed by atoms with Gasteiger partial charge in [-0.2, -0.15) is 0 Å². The number of benzene rings is 5. The zero-order valence-corrected chi connectivity index (χ0v) is 33.6. The minimum Gasteiger partial charge on any atom is -0.390 e. The first-order chi connectivity index (χ1) is 29.0. The van der Waals surface area contributed by atoms with Crippen LogP contribution >= 0.6 is 0 Å². The molecular formula is C49H57NO9. The Bertz CT molecular complexity index is 1830. The van der Waals surface area contributed by atoms with E-state index in [1.165, 1.54) is 0 Å². The summed E-state index contributed by atoms with van der Waals surface area (Å²) in [5, 5.41) is 27.2. The number of nitrogens with one attached hydrogen (secondary N) is 1. The molecule has 0 unspecified atom stereocenters. The van der Waals surface area contributed by atoms with Gasteiger partial charge >= 0.3 is 0 Å². The summed E-state index contributed by atoms with van der Waals surface area (Å²) in [6.07, 6.45) is -5.95. The van der Waals surface area contributed by atoms with Crippen LogP contribution in [0.4, 0.5) is 0 Å². The summed E-state index contributed by atoms with van der Waals surface area (Å²) in [5.41, 5.74) is 4.97. The summed E-state index contributed by atoms with van der Waals surface area (Å²) in [4.78, 5) is 0. The van der Waals surface area contributed by atoms with Gasteiger partial charge in [0.25, 0.3) is 0 Å². The Hall–Kier alpha value is -4.30. The van der Waals surface area contributed by atoms with Crippen LogP contribution in [0.2, 0.25) is 0 Å². The number of rotatable bonds is 19. The van der Waals surface area contributed by atoms with Crippen molar-refractivity contribution >= 4 is 0 Å². The van der Waals surface area contributed by atoms with E-state index in [4.69, 9.17) is 33.2 Å². The smallest absolute Gasteiger partial charge is 0.186 e. The number of methoxy groups -OCH3 is 1. The lowest BCUT2D eigenvalue weighted by molar-refractivity contribution is -0.316. The molecule has 10 nitrogen and oxygen atoms in total. The predicted molar refractivity (Wildman–Crippen MR) is 224 cm³/mol. The fraction of sp³-hybridized carbons (Fsp3) is 0.388. The van der Waals surface area contributed by atoms with Gasteiger partial charge in [-0.15, -0.1) is 0 Å². The van der Waals surface area contributed by atoms with E-state index in [-0.39, 0.29) is 19.3 Å². The van der Waals surface area contributed by atoms with Crippen LogP contribution in [0.1, 0.15) is 40.7 Å². The molecule has 1 heterocycles. The average molecular weight is 804 g/mol. The summed E-state index contributed by atoms with van der Waals surface area (Å²) < 4.78 is 45.7. The molecule has 1 saturated heterocycles. The van der Waals surface area contributed by atoms with E-state index in [0.717, 1.165) is 27.8 Å². The number of hydrogen-bond acceptors (Lipinski definition) is 10. The van der Waals surface area contributed by atoms with Crippen molar-refractivity contribution in [3.8, 4) is 0 Å². The van der Waals surface area contributed by atoms with Gasteiger partial charge in [0, 0.05) is 19.7 Å². The third-order valence-corrected chi connectivity index (χ3v) is 11.0. The van der Waals surface area contributed by atoms with Crippen molar-refractivity contribution in [3.63, 3.8) is 0 Å². The highest BCUT2D eigenvalue weighted by Crippen LogP contribution is 2.32. The summed E-state index contributed by atoms with van der Waals surface area (Å²) in [6.45, 7) is 1.82. The highest BCUT2D eigenvalue weighted by Gasteiger charge is 2.49. The Labute approximate surface area is 348 Å². The Balaban J connectivity index is 1.11. The second-order valence-electron chi connectivity index (χ2n) is 15.3. The van der Waals surface area contributed by atoms with Crippen molar-refractivity contribution < 1.29 is 43.4 Å². The molecule has 9 atom stereocenters. The van der Waals surface area contributed by atoms with Gasteiger partial charge in [0.1, 0.15) is 36.6 Å². The Kier molecular flexibility index (Phi) is 16.2. The highest BCUT2D eigenvalue weighted by molar-refractivity contribution is 5.17. The third-order valence-electron chi connectivity index (χ3n) is 11.0. The third kappa shape index (κ3) is 12.4. The first kappa shape index (κ1) is 42.8. The topological polar surface area (TPSA) is 117 Å². The lowest BCUT2D eigenvalue weighted by Gasteiger charge is -2.46. The minimum absolute atomic E-state index is 0.269. The molecule has 1 aliphatic heterocycles. The Morgan fingerprint density at radius 1 is 0.458 bits per heavy atom. The second kappa shape index (κ2) is 22.3. The van der Waals surface area contributed by atoms with Gasteiger partial charge in [0.15, 0.2) is 6.29 Å². The van der Waals surface area contributed by atoms with Crippen LogP contribution in [0.3, 0.4) is 0 Å². The fourth-order valence-electron chi connectivity index (χ4n) is 7.88. The average Bonchev–Trinajstić information content (AvgIpc) is 3.40. The molecule has 1 saturated carbocycles. The molecule has 10 heteroatoms. The monoisotopic (exact) mass is 803 g/mol. The van der Waals surface area contributed by atoms with Gasteiger partial charge in [0.05, 0.1) is 45.2 Å². The molecule has 7 rings (SSSR count). The van der Waals surface area contributed by atoms with E-state index in [0.29, 0.717) is 39.2 Å². The van der Waals surface area contributed by atoms with E-state index < -0.39 is 55.1 Å². The molecule has 5 aromatic carbocycles. The largest absolute Gasteiger partial charge is 0.390 e. The maximum Gasteiger partial charge on any atom is 0.186 e. The number of hydrogen-bond donors (Lipinski definition) is 3. The molecule has 2 fully saturated rings. The van der Waals surface area contributed by atoms with Gasteiger partial charge in [-0.1, -0.05) is 152 Å². The first-order valence-corrected chi connectivity index (χ1v) is 20.6. The van der Waals surface area contributed by atoms with Crippen LogP contribution < -0.4 is 5.32 Å². The zero-order valence-electron chi connectivity index (χ0n) is 33.6. The molecule has 2 aliphatic rings.